The maximum Gasteiger partial charge on any atom is 0.164 e. The van der Waals surface area contributed by atoms with E-state index in [9.17, 15) is 0 Å². The highest BCUT2D eigenvalue weighted by atomic mass is 16.5. The Labute approximate surface area is 180 Å². The molecule has 0 atom stereocenters. The van der Waals surface area contributed by atoms with Crippen molar-refractivity contribution >= 4 is 10.9 Å². The van der Waals surface area contributed by atoms with E-state index in [1.165, 1.54) is 0 Å². The Morgan fingerprint density at radius 3 is 2.03 bits per heavy atom. The highest BCUT2D eigenvalue weighted by molar-refractivity contribution is 5.86. The lowest BCUT2D eigenvalue weighted by Crippen LogP contribution is -1.97. The quantitative estimate of drug-likeness (QED) is 0.383. The third-order valence-corrected chi connectivity index (χ3v) is 4.93. The van der Waals surface area contributed by atoms with Gasteiger partial charge in [-0.2, -0.15) is 0 Å². The normalized spacial score (nSPS) is 10.6. The van der Waals surface area contributed by atoms with Crippen LogP contribution in [0, 0.1) is 0 Å². The first-order chi connectivity index (χ1) is 15.2. The Hall–Kier alpha value is -3.93. The number of aromatic nitrogens is 1. The Morgan fingerprint density at radius 1 is 0.581 bits per heavy atom. The molecule has 0 unspecified atom stereocenters. The monoisotopic (exact) mass is 417 g/mol. The van der Waals surface area contributed by atoms with Gasteiger partial charge in [-0.25, -0.2) is 4.98 Å². The molecular formula is C25H23NO5. The Morgan fingerprint density at radius 2 is 1.29 bits per heavy atom. The molecule has 0 fully saturated rings. The van der Waals surface area contributed by atoms with E-state index in [0.717, 1.165) is 16.5 Å². The standard InChI is InChI=1S/C25H23NO5/c1-27-17-9-11-21(28-2)19(14-17)25-24(13-16-7-5-6-8-20(16)26-25)31-18-10-12-22(29-3)23(15-18)30-4/h5-15H,1-4H3. The molecule has 4 rings (SSSR count). The van der Waals surface area contributed by atoms with E-state index in [1.807, 2.05) is 54.6 Å². The highest BCUT2D eigenvalue weighted by Crippen LogP contribution is 2.41. The van der Waals surface area contributed by atoms with E-state index in [0.29, 0.717) is 40.2 Å². The van der Waals surface area contributed by atoms with Crippen LogP contribution in [0.1, 0.15) is 0 Å². The summed E-state index contributed by atoms with van der Waals surface area (Å²) in [5.41, 5.74) is 2.26. The fourth-order valence-electron chi connectivity index (χ4n) is 3.37. The molecule has 0 saturated carbocycles. The fourth-order valence-corrected chi connectivity index (χ4v) is 3.37. The van der Waals surface area contributed by atoms with Crippen LogP contribution in [0.4, 0.5) is 0 Å². The summed E-state index contributed by atoms with van der Waals surface area (Å²) in [7, 11) is 6.44. The maximum absolute atomic E-state index is 6.29. The minimum absolute atomic E-state index is 0.578. The molecule has 3 aromatic carbocycles. The molecule has 0 N–H and O–H groups in total. The predicted molar refractivity (Wildman–Crippen MR) is 120 cm³/mol. The lowest BCUT2D eigenvalue weighted by molar-refractivity contribution is 0.352. The highest BCUT2D eigenvalue weighted by Gasteiger charge is 2.17. The molecule has 0 saturated heterocycles. The SMILES string of the molecule is COc1ccc(OC)c(-c2nc3ccccc3cc2Oc2ccc(OC)c(OC)c2)c1. The van der Waals surface area contributed by atoms with Crippen molar-refractivity contribution in [2.45, 2.75) is 0 Å². The summed E-state index contributed by atoms with van der Waals surface area (Å²) in [6.07, 6.45) is 0. The van der Waals surface area contributed by atoms with Crippen molar-refractivity contribution in [2.75, 3.05) is 28.4 Å². The fraction of sp³-hybridized carbons (Fsp3) is 0.160. The molecule has 1 heterocycles. The van der Waals surface area contributed by atoms with Gasteiger partial charge in [0.05, 0.1) is 34.0 Å². The van der Waals surface area contributed by atoms with E-state index in [2.05, 4.69) is 0 Å². The van der Waals surface area contributed by atoms with E-state index in [4.69, 9.17) is 28.7 Å². The first-order valence-electron chi connectivity index (χ1n) is 9.69. The van der Waals surface area contributed by atoms with Crippen LogP contribution in [-0.2, 0) is 0 Å². The first kappa shape index (κ1) is 20.3. The minimum Gasteiger partial charge on any atom is -0.497 e. The largest absolute Gasteiger partial charge is 0.497 e. The summed E-state index contributed by atoms with van der Waals surface area (Å²) >= 11 is 0. The van der Waals surface area contributed by atoms with Crippen molar-refractivity contribution in [2.24, 2.45) is 0 Å². The number of pyridine rings is 1. The second kappa shape index (κ2) is 8.83. The van der Waals surface area contributed by atoms with Gasteiger partial charge in [0, 0.05) is 17.0 Å². The number of rotatable bonds is 7. The average Bonchev–Trinajstić information content (AvgIpc) is 2.83. The van der Waals surface area contributed by atoms with Crippen LogP contribution in [-0.4, -0.2) is 33.4 Å². The van der Waals surface area contributed by atoms with Gasteiger partial charge >= 0.3 is 0 Å². The lowest BCUT2D eigenvalue weighted by Gasteiger charge is -2.16. The molecule has 6 nitrogen and oxygen atoms in total. The summed E-state index contributed by atoms with van der Waals surface area (Å²) in [4.78, 5) is 4.89. The van der Waals surface area contributed by atoms with Gasteiger partial charge in [0.1, 0.15) is 22.9 Å². The molecule has 31 heavy (non-hydrogen) atoms. The number of hydrogen-bond acceptors (Lipinski definition) is 6. The number of nitrogens with zero attached hydrogens (tertiary/aromatic N) is 1. The van der Waals surface area contributed by atoms with Gasteiger partial charge in [-0.05, 0) is 42.5 Å². The zero-order valence-electron chi connectivity index (χ0n) is 17.8. The van der Waals surface area contributed by atoms with Crippen LogP contribution in [0.15, 0.2) is 66.7 Å². The lowest BCUT2D eigenvalue weighted by atomic mass is 10.1. The molecular weight excluding hydrogens is 394 g/mol. The summed E-state index contributed by atoms with van der Waals surface area (Å²) in [5, 5.41) is 0.962. The van der Waals surface area contributed by atoms with Crippen molar-refractivity contribution in [3.63, 3.8) is 0 Å². The van der Waals surface area contributed by atoms with Gasteiger partial charge in [0.15, 0.2) is 17.2 Å². The molecule has 0 bridgehead atoms. The molecule has 0 amide bonds. The van der Waals surface area contributed by atoms with Gasteiger partial charge in [0.2, 0.25) is 0 Å². The van der Waals surface area contributed by atoms with Crippen molar-refractivity contribution in [1.82, 2.24) is 4.98 Å². The molecule has 6 heteroatoms. The summed E-state index contributed by atoms with van der Waals surface area (Å²) in [5.74, 6) is 3.74. The number of methoxy groups -OCH3 is 4. The molecule has 1 aromatic heterocycles. The second-order valence-electron chi connectivity index (χ2n) is 6.71. The minimum atomic E-state index is 0.578. The van der Waals surface area contributed by atoms with Crippen molar-refractivity contribution in [3.8, 4) is 45.8 Å². The van der Waals surface area contributed by atoms with E-state index in [1.54, 1.807) is 40.6 Å². The van der Waals surface area contributed by atoms with Crippen molar-refractivity contribution < 1.29 is 23.7 Å². The molecule has 4 aromatic rings. The smallest absolute Gasteiger partial charge is 0.164 e. The van der Waals surface area contributed by atoms with Gasteiger partial charge in [-0.15, -0.1) is 0 Å². The van der Waals surface area contributed by atoms with Crippen LogP contribution in [0.3, 0.4) is 0 Å². The number of hydrogen-bond donors (Lipinski definition) is 0. The molecule has 0 aliphatic carbocycles. The molecule has 0 spiro atoms. The number of fused-ring (bicyclic) bond motifs is 1. The Bertz CT molecular complexity index is 1220. The van der Waals surface area contributed by atoms with Gasteiger partial charge in [-0.1, -0.05) is 18.2 Å². The molecule has 0 aliphatic heterocycles. The number of para-hydroxylation sites is 1. The number of ether oxygens (including phenoxy) is 5. The topological polar surface area (TPSA) is 59.0 Å². The third kappa shape index (κ3) is 4.05. The maximum atomic E-state index is 6.29. The van der Waals surface area contributed by atoms with Gasteiger partial charge < -0.3 is 23.7 Å². The predicted octanol–water partition coefficient (Wildman–Crippen LogP) is 5.73. The summed E-state index contributed by atoms with van der Waals surface area (Å²) in [6.45, 7) is 0. The first-order valence-corrected chi connectivity index (χ1v) is 9.69. The average molecular weight is 417 g/mol. The van der Waals surface area contributed by atoms with Crippen LogP contribution in [0.2, 0.25) is 0 Å². The third-order valence-electron chi connectivity index (χ3n) is 4.93. The van der Waals surface area contributed by atoms with Crippen LogP contribution in [0.5, 0.6) is 34.5 Å². The zero-order chi connectivity index (χ0) is 21.8. The van der Waals surface area contributed by atoms with Crippen molar-refractivity contribution in [3.05, 3.63) is 66.7 Å². The van der Waals surface area contributed by atoms with Gasteiger partial charge in [0.25, 0.3) is 0 Å². The van der Waals surface area contributed by atoms with Crippen LogP contribution < -0.4 is 23.7 Å². The second-order valence-corrected chi connectivity index (χ2v) is 6.71. The van der Waals surface area contributed by atoms with E-state index in [-0.39, 0.29) is 0 Å². The van der Waals surface area contributed by atoms with Crippen LogP contribution in [0.25, 0.3) is 22.2 Å². The zero-order valence-corrected chi connectivity index (χ0v) is 17.8. The Balaban J connectivity index is 1.89. The summed E-state index contributed by atoms with van der Waals surface area (Å²) < 4.78 is 28.0. The molecule has 0 radical (unpaired) electrons. The van der Waals surface area contributed by atoms with Crippen LogP contribution >= 0.6 is 0 Å². The summed E-state index contributed by atoms with van der Waals surface area (Å²) in [6, 6.07) is 20.8. The van der Waals surface area contributed by atoms with E-state index >= 15 is 0 Å². The number of benzene rings is 3. The molecule has 0 aliphatic rings. The molecule has 158 valence electrons. The van der Waals surface area contributed by atoms with Gasteiger partial charge in [-0.3, -0.25) is 0 Å². The van der Waals surface area contributed by atoms with E-state index < -0.39 is 0 Å². The van der Waals surface area contributed by atoms with Crippen molar-refractivity contribution in [1.29, 1.82) is 0 Å². The Kier molecular flexibility index (Phi) is 5.80.